The van der Waals surface area contributed by atoms with E-state index in [9.17, 15) is 0 Å². The molecule has 0 radical (unpaired) electrons. The number of aromatic nitrogens is 2. The Kier molecular flexibility index (Phi) is 4.18. The van der Waals surface area contributed by atoms with Crippen LogP contribution in [0.3, 0.4) is 0 Å². The summed E-state index contributed by atoms with van der Waals surface area (Å²) < 4.78 is 8.02. The van der Waals surface area contributed by atoms with E-state index in [2.05, 4.69) is 9.88 Å². The number of hydrogen-bond acceptors (Lipinski definition) is 3. The van der Waals surface area contributed by atoms with E-state index in [1.807, 2.05) is 7.05 Å². The molecule has 0 aliphatic carbocycles. The molecule has 1 aromatic heterocycles. The molecule has 106 valence electrons. The van der Waals surface area contributed by atoms with Crippen LogP contribution in [0.15, 0.2) is 0 Å². The van der Waals surface area contributed by atoms with Crippen molar-refractivity contribution in [1.29, 1.82) is 0 Å². The molecule has 0 unspecified atom stereocenters. The van der Waals surface area contributed by atoms with Crippen molar-refractivity contribution < 1.29 is 4.74 Å². The highest BCUT2D eigenvalue weighted by molar-refractivity contribution is 5.22. The lowest BCUT2D eigenvalue weighted by Crippen LogP contribution is -2.20. The van der Waals surface area contributed by atoms with Crippen LogP contribution in [0, 0.1) is 0 Å². The normalized spacial score (nSPS) is 20.5. The van der Waals surface area contributed by atoms with Crippen molar-refractivity contribution in [1.82, 2.24) is 14.9 Å². The van der Waals surface area contributed by atoms with Crippen LogP contribution in [0.4, 0.5) is 0 Å². The Balaban J connectivity index is 1.87. The van der Waals surface area contributed by atoms with Gasteiger partial charge in [0.2, 0.25) is 0 Å². The maximum Gasteiger partial charge on any atom is 0.112 e. The van der Waals surface area contributed by atoms with Gasteiger partial charge in [0.05, 0.1) is 5.69 Å². The molecule has 0 saturated carbocycles. The molecule has 2 aliphatic rings. The molecule has 1 saturated heterocycles. The average molecular weight is 263 g/mol. The lowest BCUT2D eigenvalue weighted by molar-refractivity contribution is 0.0826. The fourth-order valence-corrected chi connectivity index (χ4v) is 3.36. The molecule has 1 aromatic rings. The van der Waals surface area contributed by atoms with Gasteiger partial charge in [-0.3, -0.25) is 0 Å². The molecule has 0 bridgehead atoms. The lowest BCUT2D eigenvalue weighted by atomic mass is 9.99. The molecule has 0 aromatic carbocycles. The third kappa shape index (κ3) is 2.70. The standard InChI is InChI=1S/C15H25N3O/c1-16-8-5-13-14-4-2-3-9-18(14)15(17-13)12-6-10-19-11-7-12/h12,16H,2-11H2,1H3. The van der Waals surface area contributed by atoms with Gasteiger partial charge in [-0.15, -0.1) is 0 Å². The molecule has 1 fully saturated rings. The van der Waals surface area contributed by atoms with Gasteiger partial charge in [-0.2, -0.15) is 0 Å². The van der Waals surface area contributed by atoms with E-state index < -0.39 is 0 Å². The molecule has 4 nitrogen and oxygen atoms in total. The van der Waals surface area contributed by atoms with Crippen molar-refractivity contribution in [3.05, 3.63) is 17.2 Å². The molecule has 3 heterocycles. The van der Waals surface area contributed by atoms with Gasteiger partial charge in [0, 0.05) is 44.3 Å². The molecule has 2 aliphatic heterocycles. The van der Waals surface area contributed by atoms with Crippen molar-refractivity contribution in [3.8, 4) is 0 Å². The van der Waals surface area contributed by atoms with Crippen molar-refractivity contribution in [2.24, 2.45) is 0 Å². The molecule has 0 spiro atoms. The van der Waals surface area contributed by atoms with Crippen LogP contribution in [0.5, 0.6) is 0 Å². The Morgan fingerprint density at radius 2 is 2.16 bits per heavy atom. The van der Waals surface area contributed by atoms with E-state index in [1.54, 1.807) is 0 Å². The second-order valence-electron chi connectivity index (χ2n) is 5.71. The minimum absolute atomic E-state index is 0.619. The van der Waals surface area contributed by atoms with Crippen LogP contribution in [-0.4, -0.2) is 36.4 Å². The third-order valence-electron chi connectivity index (χ3n) is 4.43. The predicted octanol–water partition coefficient (Wildman–Crippen LogP) is 1.88. The Morgan fingerprint density at radius 3 is 2.95 bits per heavy atom. The topological polar surface area (TPSA) is 39.1 Å². The quantitative estimate of drug-likeness (QED) is 0.901. The molecule has 1 N–H and O–H groups in total. The molecular weight excluding hydrogens is 238 g/mol. The van der Waals surface area contributed by atoms with E-state index in [-0.39, 0.29) is 0 Å². The average Bonchev–Trinajstić information content (AvgIpc) is 2.85. The summed E-state index contributed by atoms with van der Waals surface area (Å²) in [5.74, 6) is 1.97. The van der Waals surface area contributed by atoms with Gasteiger partial charge in [-0.25, -0.2) is 4.98 Å². The number of nitrogens with one attached hydrogen (secondary N) is 1. The number of hydrogen-bond donors (Lipinski definition) is 1. The lowest BCUT2D eigenvalue weighted by Gasteiger charge is -2.24. The van der Waals surface area contributed by atoms with Gasteiger partial charge >= 0.3 is 0 Å². The Labute approximate surface area is 115 Å². The van der Waals surface area contributed by atoms with Crippen molar-refractivity contribution in [3.63, 3.8) is 0 Å². The van der Waals surface area contributed by atoms with Crippen molar-refractivity contribution >= 4 is 0 Å². The first-order chi connectivity index (χ1) is 9.40. The molecule has 0 amide bonds. The van der Waals surface area contributed by atoms with Gasteiger partial charge in [0.1, 0.15) is 5.82 Å². The van der Waals surface area contributed by atoms with Crippen LogP contribution in [0.1, 0.15) is 48.8 Å². The first kappa shape index (κ1) is 13.1. The van der Waals surface area contributed by atoms with Crippen molar-refractivity contribution in [2.75, 3.05) is 26.8 Å². The minimum atomic E-state index is 0.619. The maximum absolute atomic E-state index is 5.49. The monoisotopic (exact) mass is 263 g/mol. The summed E-state index contributed by atoms with van der Waals surface area (Å²) in [4.78, 5) is 5.02. The fourth-order valence-electron chi connectivity index (χ4n) is 3.36. The van der Waals surface area contributed by atoms with Gasteiger partial charge in [0.25, 0.3) is 0 Å². The summed E-state index contributed by atoms with van der Waals surface area (Å²) in [5, 5.41) is 3.24. The molecule has 3 rings (SSSR count). The zero-order valence-corrected chi connectivity index (χ0v) is 12.0. The largest absolute Gasteiger partial charge is 0.381 e. The number of imidazole rings is 1. The van der Waals surface area contributed by atoms with Gasteiger partial charge in [-0.1, -0.05) is 0 Å². The summed E-state index contributed by atoms with van der Waals surface area (Å²) in [6.07, 6.45) is 7.20. The van der Waals surface area contributed by atoms with Crippen molar-refractivity contribution in [2.45, 2.75) is 51.0 Å². The smallest absolute Gasteiger partial charge is 0.112 e. The first-order valence-corrected chi connectivity index (χ1v) is 7.70. The number of nitrogens with zero attached hydrogens (tertiary/aromatic N) is 2. The number of ether oxygens (including phenoxy) is 1. The summed E-state index contributed by atoms with van der Waals surface area (Å²) in [7, 11) is 2.02. The summed E-state index contributed by atoms with van der Waals surface area (Å²) in [6.45, 7) is 4.00. The second-order valence-corrected chi connectivity index (χ2v) is 5.71. The first-order valence-electron chi connectivity index (χ1n) is 7.70. The highest BCUT2D eigenvalue weighted by Gasteiger charge is 2.26. The van der Waals surface area contributed by atoms with E-state index in [1.165, 1.54) is 43.0 Å². The van der Waals surface area contributed by atoms with E-state index >= 15 is 0 Å². The summed E-state index contributed by atoms with van der Waals surface area (Å²) in [5.41, 5.74) is 2.86. The van der Waals surface area contributed by atoms with Crippen LogP contribution in [0.25, 0.3) is 0 Å². The zero-order valence-electron chi connectivity index (χ0n) is 12.0. The van der Waals surface area contributed by atoms with E-state index in [4.69, 9.17) is 9.72 Å². The number of fused-ring (bicyclic) bond motifs is 1. The highest BCUT2D eigenvalue weighted by atomic mass is 16.5. The second kappa shape index (κ2) is 6.06. The molecule has 0 atom stereocenters. The fraction of sp³-hybridized carbons (Fsp3) is 0.800. The summed E-state index contributed by atoms with van der Waals surface area (Å²) >= 11 is 0. The van der Waals surface area contributed by atoms with Crippen LogP contribution in [-0.2, 0) is 24.1 Å². The highest BCUT2D eigenvalue weighted by Crippen LogP contribution is 2.31. The number of rotatable bonds is 4. The molecular formula is C15H25N3O. The maximum atomic E-state index is 5.49. The Morgan fingerprint density at radius 1 is 1.32 bits per heavy atom. The predicted molar refractivity (Wildman–Crippen MR) is 75.6 cm³/mol. The molecule has 19 heavy (non-hydrogen) atoms. The Bertz CT molecular complexity index is 421. The van der Waals surface area contributed by atoms with Crippen LogP contribution < -0.4 is 5.32 Å². The van der Waals surface area contributed by atoms with Gasteiger partial charge in [0.15, 0.2) is 0 Å². The Hall–Kier alpha value is -0.870. The third-order valence-corrected chi connectivity index (χ3v) is 4.43. The van der Waals surface area contributed by atoms with E-state index in [0.717, 1.165) is 39.0 Å². The van der Waals surface area contributed by atoms with Crippen LogP contribution in [0.2, 0.25) is 0 Å². The number of likely N-dealkylation sites (N-methyl/N-ethyl adjacent to an activating group) is 1. The molecule has 4 heteroatoms. The zero-order chi connectivity index (χ0) is 13.1. The van der Waals surface area contributed by atoms with Crippen LogP contribution >= 0.6 is 0 Å². The van der Waals surface area contributed by atoms with Gasteiger partial charge < -0.3 is 14.6 Å². The van der Waals surface area contributed by atoms with Gasteiger partial charge in [-0.05, 0) is 39.2 Å². The summed E-state index contributed by atoms with van der Waals surface area (Å²) in [6, 6.07) is 0. The minimum Gasteiger partial charge on any atom is -0.381 e. The van der Waals surface area contributed by atoms with E-state index in [0.29, 0.717) is 5.92 Å². The SMILES string of the molecule is CNCCc1nc(C2CCOCC2)n2c1CCCC2.